The highest BCUT2D eigenvalue weighted by Crippen LogP contribution is 2.41. The van der Waals surface area contributed by atoms with Crippen LogP contribution in [0.15, 0.2) is 30.3 Å². The highest BCUT2D eigenvalue weighted by atomic mass is 19.4. The van der Waals surface area contributed by atoms with Crippen molar-refractivity contribution < 1.29 is 13.2 Å². The number of nitrogens with two attached hydrogens (primary N) is 1. The Bertz CT molecular complexity index is 648. The van der Waals surface area contributed by atoms with E-state index in [0.717, 1.165) is 24.6 Å². The summed E-state index contributed by atoms with van der Waals surface area (Å²) < 4.78 is 39.1. The molecule has 2 aromatic rings. The third kappa shape index (κ3) is 2.45. The van der Waals surface area contributed by atoms with Gasteiger partial charge in [0.15, 0.2) is 0 Å². The predicted octanol–water partition coefficient (Wildman–Crippen LogP) is 3.62. The summed E-state index contributed by atoms with van der Waals surface area (Å²) in [6, 6.07) is 6.97. The average Bonchev–Trinajstić information content (AvgIpc) is 3.21. The van der Waals surface area contributed by atoms with Gasteiger partial charge >= 0.3 is 6.18 Å². The molecule has 2 N–H and O–H groups in total. The van der Waals surface area contributed by atoms with Crippen LogP contribution in [0.4, 0.5) is 19.1 Å². The van der Waals surface area contributed by atoms with Crippen LogP contribution in [0, 0.1) is 0 Å². The van der Waals surface area contributed by atoms with E-state index in [-0.39, 0.29) is 17.2 Å². The predicted molar refractivity (Wildman–Crippen MR) is 68.9 cm³/mol. The van der Waals surface area contributed by atoms with Crippen molar-refractivity contribution in [3.63, 3.8) is 0 Å². The van der Waals surface area contributed by atoms with E-state index in [1.165, 1.54) is 12.1 Å². The van der Waals surface area contributed by atoms with Crippen molar-refractivity contribution in [3.8, 4) is 11.3 Å². The monoisotopic (exact) mass is 279 g/mol. The van der Waals surface area contributed by atoms with Crippen LogP contribution in [-0.2, 0) is 6.18 Å². The van der Waals surface area contributed by atoms with E-state index in [0.29, 0.717) is 5.92 Å². The highest BCUT2D eigenvalue weighted by Gasteiger charge is 2.34. The fourth-order valence-corrected chi connectivity index (χ4v) is 2.17. The van der Waals surface area contributed by atoms with Crippen LogP contribution in [0.3, 0.4) is 0 Å². The first-order valence-electron chi connectivity index (χ1n) is 6.26. The molecular formula is C14H12F3N3. The second-order valence-corrected chi connectivity index (χ2v) is 4.85. The van der Waals surface area contributed by atoms with Crippen molar-refractivity contribution in [2.24, 2.45) is 0 Å². The van der Waals surface area contributed by atoms with E-state index in [1.54, 1.807) is 12.1 Å². The third-order valence-electron chi connectivity index (χ3n) is 3.27. The standard InChI is InChI=1S/C14H12F3N3/c15-14(16,17)10-4-2-1-3-9(10)12-7-11(8-5-6-8)19-13(18)20-12/h1-4,7-8H,5-6H2,(H2,18,19,20). The summed E-state index contributed by atoms with van der Waals surface area (Å²) in [4.78, 5) is 8.05. The molecule has 0 saturated heterocycles. The van der Waals surface area contributed by atoms with Gasteiger partial charge in [-0.05, 0) is 25.0 Å². The Morgan fingerprint density at radius 2 is 1.80 bits per heavy atom. The van der Waals surface area contributed by atoms with Gasteiger partial charge in [0, 0.05) is 17.2 Å². The molecule has 0 spiro atoms. The number of alkyl halides is 3. The van der Waals surface area contributed by atoms with Crippen LogP contribution >= 0.6 is 0 Å². The zero-order chi connectivity index (χ0) is 14.3. The van der Waals surface area contributed by atoms with Gasteiger partial charge in [-0.25, -0.2) is 9.97 Å². The Morgan fingerprint density at radius 3 is 2.45 bits per heavy atom. The van der Waals surface area contributed by atoms with Crippen LogP contribution in [0.2, 0.25) is 0 Å². The molecule has 104 valence electrons. The summed E-state index contributed by atoms with van der Waals surface area (Å²) in [6.45, 7) is 0. The number of hydrogen-bond donors (Lipinski definition) is 1. The maximum absolute atomic E-state index is 13.0. The number of rotatable bonds is 2. The first-order chi connectivity index (χ1) is 9.45. The highest BCUT2D eigenvalue weighted by molar-refractivity contribution is 5.65. The van der Waals surface area contributed by atoms with E-state index in [1.807, 2.05) is 0 Å². The topological polar surface area (TPSA) is 51.8 Å². The summed E-state index contributed by atoms with van der Waals surface area (Å²) in [5.41, 5.74) is 5.90. The van der Waals surface area contributed by atoms with Gasteiger partial charge in [-0.3, -0.25) is 0 Å². The summed E-state index contributed by atoms with van der Waals surface area (Å²) in [5, 5.41) is 0. The molecule has 0 atom stereocenters. The first-order valence-corrected chi connectivity index (χ1v) is 6.26. The van der Waals surface area contributed by atoms with Gasteiger partial charge in [0.25, 0.3) is 0 Å². The fourth-order valence-electron chi connectivity index (χ4n) is 2.17. The van der Waals surface area contributed by atoms with Crippen LogP contribution in [0.1, 0.15) is 30.0 Å². The molecule has 3 nitrogen and oxygen atoms in total. The number of nitrogen functional groups attached to an aromatic ring is 1. The minimum Gasteiger partial charge on any atom is -0.368 e. The molecule has 0 aliphatic heterocycles. The zero-order valence-corrected chi connectivity index (χ0v) is 10.5. The lowest BCUT2D eigenvalue weighted by Crippen LogP contribution is -2.08. The lowest BCUT2D eigenvalue weighted by molar-refractivity contribution is -0.137. The first kappa shape index (κ1) is 12.9. The normalized spacial score (nSPS) is 15.3. The summed E-state index contributed by atoms with van der Waals surface area (Å²) in [7, 11) is 0. The number of benzene rings is 1. The van der Waals surface area contributed by atoms with Gasteiger partial charge in [0.2, 0.25) is 5.95 Å². The number of nitrogens with zero attached hydrogens (tertiary/aromatic N) is 2. The second-order valence-electron chi connectivity index (χ2n) is 4.85. The molecule has 1 aliphatic rings. The van der Waals surface area contributed by atoms with Gasteiger partial charge in [-0.15, -0.1) is 0 Å². The van der Waals surface area contributed by atoms with E-state index in [9.17, 15) is 13.2 Å². The van der Waals surface area contributed by atoms with Gasteiger partial charge < -0.3 is 5.73 Å². The Balaban J connectivity index is 2.13. The van der Waals surface area contributed by atoms with Crippen molar-refractivity contribution in [3.05, 3.63) is 41.6 Å². The van der Waals surface area contributed by atoms with Crippen molar-refractivity contribution in [2.45, 2.75) is 24.9 Å². The Kier molecular flexibility index (Phi) is 2.88. The zero-order valence-electron chi connectivity index (χ0n) is 10.5. The molecule has 1 heterocycles. The van der Waals surface area contributed by atoms with E-state index >= 15 is 0 Å². The number of halogens is 3. The molecule has 1 aromatic heterocycles. The summed E-state index contributed by atoms with van der Waals surface area (Å²) >= 11 is 0. The van der Waals surface area contributed by atoms with Crippen molar-refractivity contribution in [1.82, 2.24) is 9.97 Å². The average molecular weight is 279 g/mol. The lowest BCUT2D eigenvalue weighted by atomic mass is 10.0. The molecule has 0 radical (unpaired) electrons. The molecule has 1 aliphatic carbocycles. The SMILES string of the molecule is Nc1nc(-c2ccccc2C(F)(F)F)cc(C2CC2)n1. The minimum atomic E-state index is -4.42. The molecular weight excluding hydrogens is 267 g/mol. The molecule has 3 rings (SSSR count). The van der Waals surface area contributed by atoms with Gasteiger partial charge in [0.05, 0.1) is 11.3 Å². The molecule has 0 bridgehead atoms. The Labute approximate surface area is 113 Å². The molecule has 6 heteroatoms. The quantitative estimate of drug-likeness (QED) is 0.913. The van der Waals surface area contributed by atoms with E-state index in [4.69, 9.17) is 5.73 Å². The molecule has 0 unspecified atom stereocenters. The second kappa shape index (κ2) is 4.47. The maximum atomic E-state index is 13.0. The minimum absolute atomic E-state index is 0.0152. The molecule has 1 aromatic carbocycles. The van der Waals surface area contributed by atoms with Crippen molar-refractivity contribution in [2.75, 3.05) is 5.73 Å². The largest absolute Gasteiger partial charge is 0.417 e. The van der Waals surface area contributed by atoms with Crippen LogP contribution in [0.25, 0.3) is 11.3 Å². The molecule has 20 heavy (non-hydrogen) atoms. The summed E-state index contributed by atoms with van der Waals surface area (Å²) in [6.07, 6.45) is -2.43. The fraction of sp³-hybridized carbons (Fsp3) is 0.286. The number of aromatic nitrogens is 2. The molecule has 1 saturated carbocycles. The third-order valence-corrected chi connectivity index (χ3v) is 3.27. The van der Waals surface area contributed by atoms with E-state index < -0.39 is 11.7 Å². The lowest BCUT2D eigenvalue weighted by Gasteiger charge is -2.13. The Morgan fingerprint density at radius 1 is 1.10 bits per heavy atom. The number of anilines is 1. The Hall–Kier alpha value is -2.11. The van der Waals surface area contributed by atoms with Crippen LogP contribution < -0.4 is 5.73 Å². The summed E-state index contributed by atoms with van der Waals surface area (Å²) in [5.74, 6) is 0.318. The molecule has 0 amide bonds. The number of hydrogen-bond acceptors (Lipinski definition) is 3. The van der Waals surface area contributed by atoms with Gasteiger partial charge in [-0.1, -0.05) is 18.2 Å². The molecule has 1 fully saturated rings. The van der Waals surface area contributed by atoms with E-state index in [2.05, 4.69) is 9.97 Å². The van der Waals surface area contributed by atoms with Crippen molar-refractivity contribution in [1.29, 1.82) is 0 Å². The maximum Gasteiger partial charge on any atom is 0.417 e. The van der Waals surface area contributed by atoms with Crippen LogP contribution in [0.5, 0.6) is 0 Å². The van der Waals surface area contributed by atoms with Gasteiger partial charge in [-0.2, -0.15) is 13.2 Å². The van der Waals surface area contributed by atoms with Crippen molar-refractivity contribution >= 4 is 5.95 Å². The van der Waals surface area contributed by atoms with Crippen LogP contribution in [-0.4, -0.2) is 9.97 Å². The van der Waals surface area contributed by atoms with Gasteiger partial charge in [0.1, 0.15) is 0 Å². The smallest absolute Gasteiger partial charge is 0.368 e.